The molecule has 110 valence electrons. The first-order chi connectivity index (χ1) is 10.1. The molecular formula is C16H16ClFN2O. The summed E-state index contributed by atoms with van der Waals surface area (Å²) in [7, 11) is 0. The molecule has 3 rings (SSSR count). The molecule has 1 aliphatic heterocycles. The molecule has 0 radical (unpaired) electrons. The summed E-state index contributed by atoms with van der Waals surface area (Å²) in [4.78, 5) is 0. The van der Waals surface area contributed by atoms with Crippen molar-refractivity contribution < 1.29 is 9.13 Å². The molecule has 2 aromatic carbocycles. The molecule has 0 unspecified atom stereocenters. The molecule has 0 bridgehead atoms. The van der Waals surface area contributed by atoms with Gasteiger partial charge in [0.2, 0.25) is 0 Å². The van der Waals surface area contributed by atoms with Gasteiger partial charge in [-0.3, -0.25) is 0 Å². The molecule has 1 heterocycles. The van der Waals surface area contributed by atoms with Gasteiger partial charge in [-0.25, -0.2) is 4.39 Å². The van der Waals surface area contributed by atoms with Gasteiger partial charge in [0.05, 0.1) is 12.2 Å². The van der Waals surface area contributed by atoms with Gasteiger partial charge in [-0.15, -0.1) is 0 Å². The van der Waals surface area contributed by atoms with E-state index < -0.39 is 0 Å². The van der Waals surface area contributed by atoms with Crippen molar-refractivity contribution in [3.05, 3.63) is 46.7 Å². The quantitative estimate of drug-likeness (QED) is 0.891. The molecule has 1 atom stereocenters. The number of nitrogens with two attached hydrogens (primary N) is 1. The van der Waals surface area contributed by atoms with Crippen LogP contribution in [-0.4, -0.2) is 19.2 Å². The van der Waals surface area contributed by atoms with Crippen molar-refractivity contribution in [1.29, 1.82) is 0 Å². The molecule has 0 aromatic heterocycles. The first kappa shape index (κ1) is 14.2. The predicted octanol–water partition coefficient (Wildman–Crippen LogP) is 3.59. The van der Waals surface area contributed by atoms with E-state index in [1.165, 1.54) is 12.1 Å². The van der Waals surface area contributed by atoms with Gasteiger partial charge in [-0.1, -0.05) is 17.7 Å². The number of ether oxygens (including phenoxy) is 1. The maximum atomic E-state index is 13.9. The van der Waals surface area contributed by atoms with Crippen LogP contribution in [0.2, 0.25) is 5.02 Å². The smallest absolute Gasteiger partial charge is 0.151 e. The second-order valence-electron chi connectivity index (χ2n) is 5.15. The fourth-order valence-electron chi connectivity index (χ4n) is 2.54. The van der Waals surface area contributed by atoms with E-state index in [0.717, 1.165) is 11.1 Å². The third-order valence-electron chi connectivity index (χ3n) is 3.60. The number of halogens is 2. The average Bonchev–Trinajstić information content (AvgIpc) is 2.46. The van der Waals surface area contributed by atoms with Crippen LogP contribution in [0.25, 0.3) is 11.1 Å². The van der Waals surface area contributed by atoms with E-state index in [1.807, 2.05) is 19.1 Å². The van der Waals surface area contributed by atoms with Crippen molar-refractivity contribution >= 4 is 17.3 Å². The summed E-state index contributed by atoms with van der Waals surface area (Å²) in [5.41, 5.74) is 8.91. The normalized spacial score (nSPS) is 16.9. The Morgan fingerprint density at radius 2 is 2.14 bits per heavy atom. The van der Waals surface area contributed by atoms with Gasteiger partial charge >= 0.3 is 0 Å². The van der Waals surface area contributed by atoms with Gasteiger partial charge in [-0.2, -0.15) is 0 Å². The number of fused-ring (bicyclic) bond motifs is 1. The molecule has 3 nitrogen and oxygen atoms in total. The molecule has 3 N–H and O–H groups in total. The average molecular weight is 307 g/mol. The van der Waals surface area contributed by atoms with E-state index in [9.17, 15) is 4.39 Å². The second kappa shape index (κ2) is 5.54. The van der Waals surface area contributed by atoms with Crippen molar-refractivity contribution in [3.63, 3.8) is 0 Å². The fourth-order valence-corrected chi connectivity index (χ4v) is 2.77. The van der Waals surface area contributed by atoms with Crippen molar-refractivity contribution in [2.75, 3.05) is 18.4 Å². The molecule has 0 saturated carbocycles. The number of rotatable bonds is 2. The Bertz CT molecular complexity index is 690. The van der Waals surface area contributed by atoms with Crippen LogP contribution in [0.4, 0.5) is 10.1 Å². The van der Waals surface area contributed by atoms with E-state index >= 15 is 0 Å². The highest BCUT2D eigenvalue weighted by atomic mass is 35.5. The Balaban J connectivity index is 2.16. The molecule has 21 heavy (non-hydrogen) atoms. The van der Waals surface area contributed by atoms with Crippen LogP contribution >= 0.6 is 11.6 Å². The minimum Gasteiger partial charge on any atom is -0.484 e. The number of nitrogens with one attached hydrogen (secondary N) is 1. The van der Waals surface area contributed by atoms with E-state index in [4.69, 9.17) is 22.1 Å². The SMILES string of the molecule is Cc1cc(Cl)ccc1-c1cc(F)cc2c1O[C@@H](CN)CN2. The number of hydrogen-bond acceptors (Lipinski definition) is 3. The van der Waals surface area contributed by atoms with Crippen LogP contribution in [0.1, 0.15) is 5.56 Å². The lowest BCUT2D eigenvalue weighted by molar-refractivity contribution is 0.215. The number of hydrogen-bond donors (Lipinski definition) is 2. The van der Waals surface area contributed by atoms with Gasteiger partial charge < -0.3 is 15.8 Å². The zero-order chi connectivity index (χ0) is 15.0. The molecule has 0 fully saturated rings. The van der Waals surface area contributed by atoms with Gasteiger partial charge in [0.1, 0.15) is 11.9 Å². The zero-order valence-corrected chi connectivity index (χ0v) is 12.4. The predicted molar refractivity (Wildman–Crippen MR) is 83.5 cm³/mol. The summed E-state index contributed by atoms with van der Waals surface area (Å²) in [6, 6.07) is 8.44. The topological polar surface area (TPSA) is 47.3 Å². The first-order valence-electron chi connectivity index (χ1n) is 6.79. The summed E-state index contributed by atoms with van der Waals surface area (Å²) < 4.78 is 19.8. The number of aryl methyl sites for hydroxylation is 1. The third kappa shape index (κ3) is 2.69. The summed E-state index contributed by atoms with van der Waals surface area (Å²) in [5.74, 6) is 0.337. The van der Waals surface area contributed by atoms with Gasteiger partial charge in [0.15, 0.2) is 5.75 Å². The maximum Gasteiger partial charge on any atom is 0.151 e. The van der Waals surface area contributed by atoms with E-state index in [1.54, 1.807) is 6.07 Å². The molecular weight excluding hydrogens is 291 g/mol. The zero-order valence-electron chi connectivity index (χ0n) is 11.6. The number of benzene rings is 2. The highest BCUT2D eigenvalue weighted by Gasteiger charge is 2.23. The van der Waals surface area contributed by atoms with Crippen molar-refractivity contribution in [1.82, 2.24) is 0 Å². The highest BCUT2D eigenvalue weighted by Crippen LogP contribution is 2.41. The summed E-state index contributed by atoms with van der Waals surface area (Å²) in [5, 5.41) is 3.83. The molecule has 5 heteroatoms. The molecule has 0 spiro atoms. The van der Waals surface area contributed by atoms with Crippen LogP contribution in [0.3, 0.4) is 0 Å². The van der Waals surface area contributed by atoms with E-state index in [2.05, 4.69) is 5.32 Å². The van der Waals surface area contributed by atoms with Crippen LogP contribution in [0.5, 0.6) is 5.75 Å². The Kier molecular flexibility index (Phi) is 3.74. The number of anilines is 1. The van der Waals surface area contributed by atoms with Crippen LogP contribution < -0.4 is 15.8 Å². The lowest BCUT2D eigenvalue weighted by atomic mass is 9.98. The molecule has 1 aliphatic rings. The molecule has 0 amide bonds. The summed E-state index contributed by atoms with van der Waals surface area (Å²) in [6.45, 7) is 2.92. The molecule has 2 aromatic rings. The summed E-state index contributed by atoms with van der Waals surface area (Å²) in [6.07, 6.45) is -0.116. The highest BCUT2D eigenvalue weighted by molar-refractivity contribution is 6.30. The van der Waals surface area contributed by atoms with Gasteiger partial charge in [0, 0.05) is 23.2 Å². The Labute approximate surface area is 127 Å². The first-order valence-corrected chi connectivity index (χ1v) is 7.17. The van der Waals surface area contributed by atoms with Crippen LogP contribution in [0.15, 0.2) is 30.3 Å². The standard InChI is InChI=1S/C16H16ClFN2O/c1-9-4-10(17)2-3-13(9)14-5-11(18)6-15-16(14)21-12(7-19)8-20-15/h2-6,12,20H,7-8,19H2,1H3/t12-/m0/s1. The van der Waals surface area contributed by atoms with Gasteiger partial charge in [0.25, 0.3) is 0 Å². The Hall–Kier alpha value is -1.78. The monoisotopic (exact) mass is 306 g/mol. The lowest BCUT2D eigenvalue weighted by Crippen LogP contribution is -2.37. The van der Waals surface area contributed by atoms with Crippen LogP contribution in [0, 0.1) is 12.7 Å². The second-order valence-corrected chi connectivity index (χ2v) is 5.58. The van der Waals surface area contributed by atoms with Gasteiger partial charge in [-0.05, 0) is 36.2 Å². The largest absolute Gasteiger partial charge is 0.484 e. The minimum atomic E-state index is -0.305. The van der Waals surface area contributed by atoms with E-state index in [-0.39, 0.29) is 11.9 Å². The van der Waals surface area contributed by atoms with Crippen LogP contribution in [-0.2, 0) is 0 Å². The van der Waals surface area contributed by atoms with Crippen molar-refractivity contribution in [2.45, 2.75) is 13.0 Å². The lowest BCUT2D eigenvalue weighted by Gasteiger charge is -2.28. The van der Waals surface area contributed by atoms with Crippen molar-refractivity contribution in [3.8, 4) is 16.9 Å². The maximum absolute atomic E-state index is 13.9. The fraction of sp³-hybridized carbons (Fsp3) is 0.250. The molecule has 0 aliphatic carbocycles. The van der Waals surface area contributed by atoms with Crippen molar-refractivity contribution in [2.24, 2.45) is 5.73 Å². The summed E-state index contributed by atoms with van der Waals surface area (Å²) >= 11 is 5.99. The molecule has 0 saturated heterocycles. The van der Waals surface area contributed by atoms with E-state index in [0.29, 0.717) is 35.1 Å². The Morgan fingerprint density at radius 1 is 1.33 bits per heavy atom. The Morgan fingerprint density at radius 3 is 2.86 bits per heavy atom. The minimum absolute atomic E-state index is 0.116. The third-order valence-corrected chi connectivity index (χ3v) is 3.84.